The largest absolute Gasteiger partial charge is 0.466 e. The summed E-state index contributed by atoms with van der Waals surface area (Å²) in [6.45, 7) is 0.240. The third-order valence-corrected chi connectivity index (χ3v) is 1.24. The number of aliphatic hydroxyl groups is 1. The van der Waals surface area contributed by atoms with E-state index in [0.717, 1.165) is 6.42 Å². The molecule has 112 valence electrons. The van der Waals surface area contributed by atoms with Crippen molar-refractivity contribution in [2.75, 3.05) is 6.61 Å². The summed E-state index contributed by atoms with van der Waals surface area (Å²) in [7, 11) is -9.28. The first-order chi connectivity index (χ1) is 8.43. The van der Waals surface area contributed by atoms with E-state index in [0.29, 0.717) is 0 Å². The van der Waals surface area contributed by atoms with Gasteiger partial charge in [0.05, 0.1) is 0 Å². The fourth-order valence-corrected chi connectivity index (χ4v) is 0.774. The van der Waals surface area contributed by atoms with Gasteiger partial charge in [0.15, 0.2) is 0 Å². The highest BCUT2D eigenvalue weighted by Crippen LogP contribution is 2.26. The summed E-state index contributed by atoms with van der Waals surface area (Å²) in [6.07, 6.45) is 0.765. The molecule has 9 nitrogen and oxygen atoms in total. The summed E-state index contributed by atoms with van der Waals surface area (Å²) in [5, 5.41) is 8.52. The quantitative estimate of drug-likeness (QED) is 0.350. The molecule has 7 N–H and O–H groups in total. The maximum Gasteiger partial charge on any atom is 0.466 e. The van der Waals surface area contributed by atoms with E-state index >= 15 is 0 Å². The van der Waals surface area contributed by atoms with Crippen LogP contribution in [0.15, 0.2) is 30.3 Å². The van der Waals surface area contributed by atoms with Gasteiger partial charge in [-0.05, 0) is 12.0 Å². The third-order valence-electron chi connectivity index (χ3n) is 1.24. The Hall–Kier alpha value is -0.600. The maximum absolute atomic E-state index is 8.88. The van der Waals surface area contributed by atoms with Crippen LogP contribution in [-0.2, 0) is 15.6 Å². The predicted molar refractivity (Wildman–Crippen MR) is 65.8 cm³/mol. The fraction of sp³-hybridized carbons (Fsp3) is 0.250. The highest BCUT2D eigenvalue weighted by Gasteiger charge is 2.00. The molecule has 0 aliphatic carbocycles. The van der Waals surface area contributed by atoms with Gasteiger partial charge in [0, 0.05) is 6.61 Å². The molecule has 0 aliphatic heterocycles. The summed E-state index contributed by atoms with van der Waals surface area (Å²) >= 11 is 0. The molecular weight excluding hydrogens is 302 g/mol. The molecule has 0 amide bonds. The second-order valence-electron chi connectivity index (χ2n) is 2.99. The first-order valence-corrected chi connectivity index (χ1v) is 7.78. The van der Waals surface area contributed by atoms with Gasteiger partial charge in [-0.1, -0.05) is 30.3 Å². The van der Waals surface area contributed by atoms with E-state index in [-0.39, 0.29) is 6.61 Å². The minimum Gasteiger partial charge on any atom is -0.396 e. The molecule has 0 heterocycles. The highest BCUT2D eigenvalue weighted by atomic mass is 31.2. The molecule has 0 fully saturated rings. The standard InChI is InChI=1S/C8H10O.2H3O4P/c9-7-6-8-4-2-1-3-5-8;2*1-5(2,3)4/h1-5,9H,6-7H2;2*(H3,1,2,3,4). The van der Waals surface area contributed by atoms with Crippen LogP contribution in [0.1, 0.15) is 5.56 Å². The SMILES string of the molecule is O=P(O)(O)O.O=P(O)(O)O.OCCc1ccccc1. The van der Waals surface area contributed by atoms with Crippen LogP contribution in [0.3, 0.4) is 0 Å². The van der Waals surface area contributed by atoms with Crippen LogP contribution >= 0.6 is 15.6 Å². The van der Waals surface area contributed by atoms with Crippen molar-refractivity contribution in [2.45, 2.75) is 6.42 Å². The molecule has 1 aromatic rings. The minimum absolute atomic E-state index is 0.240. The third kappa shape index (κ3) is 38.2. The van der Waals surface area contributed by atoms with E-state index in [1.54, 1.807) is 0 Å². The highest BCUT2D eigenvalue weighted by molar-refractivity contribution is 7.45. The zero-order valence-electron chi connectivity index (χ0n) is 9.64. The zero-order valence-corrected chi connectivity index (χ0v) is 11.4. The van der Waals surface area contributed by atoms with Crippen LogP contribution in [0.2, 0.25) is 0 Å². The molecule has 0 saturated heterocycles. The molecule has 0 atom stereocenters. The second-order valence-corrected chi connectivity index (χ2v) is 5.04. The Balaban J connectivity index is 0. The summed E-state index contributed by atoms with van der Waals surface area (Å²) < 4.78 is 17.8. The van der Waals surface area contributed by atoms with Crippen molar-refractivity contribution in [3.8, 4) is 0 Å². The average Bonchev–Trinajstić information content (AvgIpc) is 2.14. The topological polar surface area (TPSA) is 176 Å². The van der Waals surface area contributed by atoms with Crippen molar-refractivity contribution < 1.29 is 43.6 Å². The van der Waals surface area contributed by atoms with Crippen molar-refractivity contribution in [1.82, 2.24) is 0 Å². The normalized spacial score (nSPS) is 10.7. The molecule has 1 rings (SSSR count). The molecule has 0 radical (unpaired) electrons. The lowest BCUT2D eigenvalue weighted by atomic mass is 10.2. The van der Waals surface area contributed by atoms with Gasteiger partial charge in [0.2, 0.25) is 0 Å². The molecular formula is C8H16O9P2. The van der Waals surface area contributed by atoms with Crippen LogP contribution < -0.4 is 0 Å². The Labute approximate surface area is 109 Å². The van der Waals surface area contributed by atoms with Gasteiger partial charge in [0.25, 0.3) is 0 Å². The summed E-state index contributed by atoms with van der Waals surface area (Å²) in [6, 6.07) is 9.95. The summed E-state index contributed by atoms with van der Waals surface area (Å²) in [5.74, 6) is 0. The Morgan fingerprint density at radius 1 is 0.789 bits per heavy atom. The van der Waals surface area contributed by atoms with E-state index < -0.39 is 15.6 Å². The van der Waals surface area contributed by atoms with Crippen LogP contribution in [0.4, 0.5) is 0 Å². The number of hydrogen-bond acceptors (Lipinski definition) is 3. The Morgan fingerprint density at radius 3 is 1.37 bits per heavy atom. The Morgan fingerprint density at radius 2 is 1.11 bits per heavy atom. The first kappa shape index (κ1) is 20.7. The van der Waals surface area contributed by atoms with Gasteiger partial charge in [-0.15, -0.1) is 0 Å². The van der Waals surface area contributed by atoms with E-state index in [9.17, 15) is 0 Å². The van der Waals surface area contributed by atoms with Crippen molar-refractivity contribution in [3.63, 3.8) is 0 Å². The lowest BCUT2D eigenvalue weighted by Gasteiger charge is -1.93. The fourth-order valence-electron chi connectivity index (χ4n) is 0.774. The van der Waals surface area contributed by atoms with Gasteiger partial charge in [-0.3, -0.25) is 0 Å². The zero-order chi connectivity index (χ0) is 15.5. The summed E-state index contributed by atoms with van der Waals surface area (Å²) in [5.41, 5.74) is 1.19. The van der Waals surface area contributed by atoms with Crippen LogP contribution in [0.5, 0.6) is 0 Å². The van der Waals surface area contributed by atoms with Crippen molar-refractivity contribution in [1.29, 1.82) is 0 Å². The van der Waals surface area contributed by atoms with Gasteiger partial charge in [-0.25, -0.2) is 9.13 Å². The monoisotopic (exact) mass is 318 g/mol. The minimum atomic E-state index is -4.64. The Kier molecular flexibility index (Phi) is 11.1. The number of aliphatic hydroxyl groups excluding tert-OH is 1. The van der Waals surface area contributed by atoms with Crippen LogP contribution in [0.25, 0.3) is 0 Å². The first-order valence-electron chi connectivity index (χ1n) is 4.65. The van der Waals surface area contributed by atoms with Gasteiger partial charge >= 0.3 is 15.6 Å². The predicted octanol–water partition coefficient (Wildman–Crippen LogP) is -0.636. The van der Waals surface area contributed by atoms with Gasteiger partial charge in [-0.2, -0.15) is 0 Å². The molecule has 0 spiro atoms. The molecule has 0 saturated carbocycles. The van der Waals surface area contributed by atoms with Crippen molar-refractivity contribution >= 4 is 15.6 Å². The molecule has 19 heavy (non-hydrogen) atoms. The molecule has 0 bridgehead atoms. The number of benzene rings is 1. The number of rotatable bonds is 2. The lowest BCUT2D eigenvalue weighted by Crippen LogP contribution is -1.88. The van der Waals surface area contributed by atoms with E-state index in [1.165, 1.54) is 5.56 Å². The number of hydrogen-bond donors (Lipinski definition) is 7. The van der Waals surface area contributed by atoms with Crippen molar-refractivity contribution in [2.24, 2.45) is 0 Å². The molecule has 1 aromatic carbocycles. The van der Waals surface area contributed by atoms with Crippen LogP contribution in [0, 0.1) is 0 Å². The molecule has 0 unspecified atom stereocenters. The molecule has 0 aliphatic rings. The van der Waals surface area contributed by atoms with E-state index in [2.05, 4.69) is 0 Å². The summed E-state index contributed by atoms with van der Waals surface area (Å²) in [4.78, 5) is 43.1. The van der Waals surface area contributed by atoms with E-state index in [4.69, 9.17) is 43.6 Å². The maximum atomic E-state index is 8.88. The van der Waals surface area contributed by atoms with E-state index in [1.807, 2.05) is 30.3 Å². The number of phosphoric acid groups is 2. The molecule has 11 heteroatoms. The lowest BCUT2D eigenvalue weighted by molar-refractivity contribution is 0.272. The smallest absolute Gasteiger partial charge is 0.396 e. The Bertz CT molecular complexity index is 373. The van der Waals surface area contributed by atoms with Crippen LogP contribution in [-0.4, -0.2) is 41.1 Å². The van der Waals surface area contributed by atoms with Crippen molar-refractivity contribution in [3.05, 3.63) is 35.9 Å². The average molecular weight is 318 g/mol. The second kappa shape index (κ2) is 10.2. The van der Waals surface area contributed by atoms with Gasteiger partial charge in [0.1, 0.15) is 0 Å². The van der Waals surface area contributed by atoms with Gasteiger partial charge < -0.3 is 34.5 Å². The molecule has 0 aromatic heterocycles.